The highest BCUT2D eigenvalue weighted by Gasteiger charge is 2.25. The molecule has 0 N–H and O–H groups in total. The molecule has 116 valence electrons. The molecule has 1 aliphatic rings. The van der Waals surface area contributed by atoms with Crippen molar-refractivity contribution in [2.75, 3.05) is 18.0 Å². The van der Waals surface area contributed by atoms with E-state index in [1.165, 1.54) is 0 Å². The van der Waals surface area contributed by atoms with Crippen molar-refractivity contribution in [2.24, 2.45) is 0 Å². The molecule has 0 aliphatic carbocycles. The van der Waals surface area contributed by atoms with E-state index < -0.39 is 0 Å². The first-order chi connectivity index (χ1) is 10.5. The van der Waals surface area contributed by atoms with Crippen LogP contribution >= 0.6 is 23.2 Å². The molecule has 2 aromatic heterocycles. The monoisotopic (exact) mass is 339 g/mol. The van der Waals surface area contributed by atoms with Crippen LogP contribution in [0.3, 0.4) is 0 Å². The molecule has 1 aliphatic heterocycles. The van der Waals surface area contributed by atoms with E-state index in [0.717, 1.165) is 31.8 Å². The van der Waals surface area contributed by atoms with Gasteiger partial charge < -0.3 is 4.90 Å². The second-order valence-corrected chi connectivity index (χ2v) is 5.90. The highest BCUT2D eigenvalue weighted by molar-refractivity contribution is 6.28. The average Bonchev–Trinajstić information content (AvgIpc) is 2.45. The molecule has 0 radical (unpaired) electrons. The smallest absolute Gasteiger partial charge is 0.229 e. The van der Waals surface area contributed by atoms with Gasteiger partial charge in [0.05, 0.1) is 0 Å². The van der Waals surface area contributed by atoms with Gasteiger partial charge in [0.1, 0.15) is 17.5 Å². The Morgan fingerprint density at radius 1 is 0.818 bits per heavy atom. The second-order valence-electron chi connectivity index (χ2n) is 5.22. The fourth-order valence-electron chi connectivity index (χ4n) is 2.57. The van der Waals surface area contributed by atoms with Gasteiger partial charge in [-0.2, -0.15) is 9.97 Å². The lowest BCUT2D eigenvalue weighted by atomic mass is 9.96. The van der Waals surface area contributed by atoms with Crippen molar-refractivity contribution in [1.29, 1.82) is 0 Å². The van der Waals surface area contributed by atoms with E-state index in [2.05, 4.69) is 34.8 Å². The molecule has 22 heavy (non-hydrogen) atoms. The summed E-state index contributed by atoms with van der Waals surface area (Å²) in [6.45, 7) is 5.25. The van der Waals surface area contributed by atoms with Gasteiger partial charge in [0, 0.05) is 19.0 Å². The van der Waals surface area contributed by atoms with Crippen LogP contribution in [0.1, 0.15) is 36.2 Å². The Balaban J connectivity index is 1.72. The highest BCUT2D eigenvalue weighted by atomic mass is 35.5. The summed E-state index contributed by atoms with van der Waals surface area (Å²) in [6, 6.07) is 0. The predicted octanol–water partition coefficient (Wildman–Crippen LogP) is 2.36. The molecule has 9 heteroatoms. The molecule has 0 bridgehead atoms. The number of anilines is 1. The first-order valence-electron chi connectivity index (χ1n) is 7.02. The van der Waals surface area contributed by atoms with Crippen molar-refractivity contribution in [3.8, 4) is 0 Å². The molecule has 0 spiro atoms. The van der Waals surface area contributed by atoms with Gasteiger partial charge in [-0.25, -0.2) is 19.9 Å². The Hall–Kier alpha value is -1.60. The summed E-state index contributed by atoms with van der Waals surface area (Å²) in [7, 11) is 0. The zero-order chi connectivity index (χ0) is 15.7. The van der Waals surface area contributed by atoms with Gasteiger partial charge in [-0.3, -0.25) is 0 Å². The van der Waals surface area contributed by atoms with Gasteiger partial charge in [0.25, 0.3) is 0 Å². The third-order valence-corrected chi connectivity index (χ3v) is 3.93. The molecule has 0 saturated carbocycles. The molecule has 1 saturated heterocycles. The van der Waals surface area contributed by atoms with Crippen molar-refractivity contribution < 1.29 is 0 Å². The molecular formula is C13H15Cl2N7. The number of aryl methyl sites for hydroxylation is 2. The minimum atomic E-state index is 0.226. The Morgan fingerprint density at radius 3 is 2.00 bits per heavy atom. The van der Waals surface area contributed by atoms with E-state index in [4.69, 9.17) is 23.2 Å². The molecular weight excluding hydrogens is 325 g/mol. The Labute approximate surface area is 138 Å². The van der Waals surface area contributed by atoms with Crippen LogP contribution in [0, 0.1) is 13.8 Å². The fraction of sp³-hybridized carbons (Fsp3) is 0.538. The predicted molar refractivity (Wildman–Crippen MR) is 83.3 cm³/mol. The van der Waals surface area contributed by atoms with Gasteiger partial charge >= 0.3 is 0 Å². The summed E-state index contributed by atoms with van der Waals surface area (Å²) >= 11 is 11.8. The van der Waals surface area contributed by atoms with Crippen molar-refractivity contribution in [3.05, 3.63) is 28.0 Å². The number of hydrogen-bond acceptors (Lipinski definition) is 7. The minimum absolute atomic E-state index is 0.226. The highest BCUT2D eigenvalue weighted by Crippen LogP contribution is 2.28. The van der Waals surface area contributed by atoms with Gasteiger partial charge in [-0.05, 0) is 49.9 Å². The number of hydrogen-bond donors (Lipinski definition) is 0. The van der Waals surface area contributed by atoms with Crippen molar-refractivity contribution in [2.45, 2.75) is 32.6 Å². The summed E-state index contributed by atoms with van der Waals surface area (Å²) in [5.74, 6) is 2.94. The van der Waals surface area contributed by atoms with Crippen molar-refractivity contribution in [1.82, 2.24) is 29.9 Å². The molecule has 0 unspecified atom stereocenters. The molecule has 0 atom stereocenters. The third kappa shape index (κ3) is 3.41. The quantitative estimate of drug-likeness (QED) is 0.830. The van der Waals surface area contributed by atoms with Crippen LogP contribution in [0.2, 0.25) is 10.6 Å². The molecule has 0 aromatic carbocycles. The molecule has 2 aromatic rings. The van der Waals surface area contributed by atoms with Gasteiger partial charge in [0.2, 0.25) is 16.5 Å². The van der Waals surface area contributed by atoms with Crippen molar-refractivity contribution in [3.63, 3.8) is 0 Å². The van der Waals surface area contributed by atoms with Crippen LogP contribution in [0.5, 0.6) is 0 Å². The number of nitrogens with zero attached hydrogens (tertiary/aromatic N) is 7. The van der Waals surface area contributed by atoms with E-state index in [0.29, 0.717) is 17.6 Å². The first kappa shape index (κ1) is 15.3. The zero-order valence-electron chi connectivity index (χ0n) is 12.3. The topological polar surface area (TPSA) is 80.6 Å². The first-order valence-corrected chi connectivity index (χ1v) is 7.78. The van der Waals surface area contributed by atoms with Crippen LogP contribution in [-0.2, 0) is 0 Å². The number of piperidine rings is 1. The number of aromatic nitrogens is 6. The lowest BCUT2D eigenvalue weighted by molar-refractivity contribution is 0.477. The van der Waals surface area contributed by atoms with Crippen LogP contribution in [0.15, 0.2) is 0 Å². The van der Waals surface area contributed by atoms with Crippen LogP contribution in [0.4, 0.5) is 5.95 Å². The number of halogens is 2. The summed E-state index contributed by atoms with van der Waals surface area (Å²) in [5.41, 5.74) is 0. The molecule has 3 rings (SSSR count). The largest absolute Gasteiger partial charge is 0.341 e. The van der Waals surface area contributed by atoms with E-state index >= 15 is 0 Å². The second kappa shape index (κ2) is 6.26. The molecule has 0 amide bonds. The SMILES string of the molecule is Cc1nc(Cl)nc(C2CCN(c3nc(C)nc(Cl)n3)CC2)n1. The summed E-state index contributed by atoms with van der Waals surface area (Å²) in [4.78, 5) is 27.3. The van der Waals surface area contributed by atoms with E-state index in [9.17, 15) is 0 Å². The van der Waals surface area contributed by atoms with Crippen molar-refractivity contribution >= 4 is 29.2 Å². The summed E-state index contributed by atoms with van der Waals surface area (Å²) in [6.07, 6.45) is 1.81. The maximum atomic E-state index is 5.91. The Bertz CT molecular complexity index is 586. The lowest BCUT2D eigenvalue weighted by Gasteiger charge is -2.31. The third-order valence-electron chi connectivity index (χ3n) is 3.59. The van der Waals surface area contributed by atoms with Gasteiger partial charge in [0.15, 0.2) is 0 Å². The molecule has 7 nitrogen and oxygen atoms in total. The fourth-order valence-corrected chi connectivity index (χ4v) is 2.97. The van der Waals surface area contributed by atoms with Gasteiger partial charge in [-0.1, -0.05) is 0 Å². The molecule has 1 fully saturated rings. The zero-order valence-corrected chi connectivity index (χ0v) is 13.8. The maximum Gasteiger partial charge on any atom is 0.229 e. The van der Waals surface area contributed by atoms with E-state index in [1.807, 2.05) is 6.92 Å². The normalized spacial score (nSPS) is 16.1. The minimum Gasteiger partial charge on any atom is -0.341 e. The van der Waals surface area contributed by atoms with E-state index in [1.54, 1.807) is 6.92 Å². The molecule has 3 heterocycles. The summed E-state index contributed by atoms with van der Waals surface area (Å²) in [5, 5.41) is 0.481. The maximum absolute atomic E-state index is 5.91. The van der Waals surface area contributed by atoms with Gasteiger partial charge in [-0.15, -0.1) is 0 Å². The van der Waals surface area contributed by atoms with Crippen LogP contribution in [0.25, 0.3) is 0 Å². The Morgan fingerprint density at radius 2 is 1.41 bits per heavy atom. The summed E-state index contributed by atoms with van der Waals surface area (Å²) < 4.78 is 0. The van der Waals surface area contributed by atoms with Crippen LogP contribution in [-0.4, -0.2) is 43.0 Å². The average molecular weight is 340 g/mol. The standard InChI is InChI=1S/C13H15Cl2N7/c1-7-16-10(20-11(14)17-7)9-3-5-22(6-4-9)13-19-8(2)18-12(15)21-13/h9H,3-6H2,1-2H3. The Kier molecular flexibility index (Phi) is 4.35. The van der Waals surface area contributed by atoms with E-state index in [-0.39, 0.29) is 16.5 Å². The lowest BCUT2D eigenvalue weighted by Crippen LogP contribution is -2.35. The number of rotatable bonds is 2. The van der Waals surface area contributed by atoms with Crippen LogP contribution < -0.4 is 4.90 Å².